The van der Waals surface area contributed by atoms with Crippen LogP contribution in [0.4, 0.5) is 5.82 Å². The third kappa shape index (κ3) is 2.38. The number of nitrogen functional groups attached to an aromatic ring is 1. The van der Waals surface area contributed by atoms with Crippen molar-refractivity contribution in [1.82, 2.24) is 15.2 Å². The molecule has 0 fully saturated rings. The Balaban J connectivity index is 0.000000617. The van der Waals surface area contributed by atoms with Gasteiger partial charge in [-0.15, -0.1) is 0 Å². The molecule has 0 atom stereocenters. The van der Waals surface area contributed by atoms with E-state index >= 15 is 0 Å². The van der Waals surface area contributed by atoms with E-state index in [2.05, 4.69) is 26.9 Å². The number of nitrogens with two attached hydrogens (primary N) is 3. The minimum atomic E-state index is 0. The summed E-state index contributed by atoms with van der Waals surface area (Å²) >= 11 is 0. The predicted octanol–water partition coefficient (Wildman–Crippen LogP) is -1.59. The number of nitrogens with zero attached hydrogens (tertiary/aromatic N) is 3. The highest BCUT2D eigenvalue weighted by atomic mass is 16.0. The number of H-pyrrole nitrogens is 1. The number of hydrogen-bond acceptors (Lipinski definition) is 6. The summed E-state index contributed by atoms with van der Waals surface area (Å²) in [4.78, 5) is 3.93. The van der Waals surface area contributed by atoms with Crippen molar-refractivity contribution < 1.29 is 5.48 Å². The van der Waals surface area contributed by atoms with E-state index in [0.717, 1.165) is 0 Å². The lowest BCUT2D eigenvalue weighted by Gasteiger charge is -1.88. The summed E-state index contributed by atoms with van der Waals surface area (Å²) in [5, 5.41) is 15.7. The fraction of sp³-hybridized carbons (Fsp3) is 0. The summed E-state index contributed by atoms with van der Waals surface area (Å²) in [7, 11) is 0. The van der Waals surface area contributed by atoms with Crippen molar-refractivity contribution in [2.24, 2.45) is 11.7 Å². The van der Waals surface area contributed by atoms with Gasteiger partial charge in [0, 0.05) is 6.20 Å². The van der Waals surface area contributed by atoms with E-state index in [1.54, 1.807) is 6.07 Å². The Kier molecular flexibility index (Phi) is 4.69. The van der Waals surface area contributed by atoms with Crippen LogP contribution in [-0.2, 0) is 0 Å². The molecule has 9 N–H and O–H groups in total. The molecule has 80 valence electrons. The minimum absolute atomic E-state index is 0. The van der Waals surface area contributed by atoms with E-state index < -0.39 is 0 Å². The van der Waals surface area contributed by atoms with Crippen LogP contribution in [0.3, 0.4) is 0 Å². The van der Waals surface area contributed by atoms with Gasteiger partial charge in [0.2, 0.25) is 0 Å². The van der Waals surface area contributed by atoms with Gasteiger partial charge in [-0.2, -0.15) is 10.4 Å². The molecule has 0 bridgehead atoms. The number of aromatic amines is 1. The number of hydrogen-bond donors (Lipinski definition) is 4. The molecule has 2 heterocycles. The van der Waals surface area contributed by atoms with E-state index in [0.29, 0.717) is 22.4 Å². The van der Waals surface area contributed by atoms with Gasteiger partial charge in [-0.05, 0) is 6.07 Å². The Morgan fingerprint density at radius 1 is 1.40 bits per heavy atom. The van der Waals surface area contributed by atoms with Gasteiger partial charge < -0.3 is 11.2 Å². The molecule has 8 heteroatoms. The largest absolute Gasteiger partial charge is 0.412 e. The van der Waals surface area contributed by atoms with Crippen molar-refractivity contribution in [2.75, 3.05) is 5.73 Å². The Bertz CT molecular complexity index is 472. The standard InChI is InChI=1S/C7H5N5.H4N2.H2O/c8-2-4-1-5-6(9)11-12-7(5)10-3-4;1-2;/h1,3H,(H3,9,10,11,12);1-2H2;1H2. The highest BCUT2D eigenvalue weighted by Gasteiger charge is 2.03. The van der Waals surface area contributed by atoms with Crippen LogP contribution in [0, 0.1) is 11.3 Å². The third-order valence-electron chi connectivity index (χ3n) is 1.57. The lowest BCUT2D eigenvalue weighted by molar-refractivity contribution is 0.824. The number of anilines is 1. The van der Waals surface area contributed by atoms with Gasteiger partial charge in [0.15, 0.2) is 5.65 Å². The highest BCUT2D eigenvalue weighted by molar-refractivity contribution is 5.86. The van der Waals surface area contributed by atoms with Crippen LogP contribution in [0.2, 0.25) is 0 Å². The molecule has 2 aromatic rings. The van der Waals surface area contributed by atoms with Gasteiger partial charge in [0.1, 0.15) is 11.9 Å². The van der Waals surface area contributed by atoms with Gasteiger partial charge in [-0.3, -0.25) is 16.8 Å². The van der Waals surface area contributed by atoms with E-state index in [9.17, 15) is 0 Å². The molecule has 0 saturated heterocycles. The van der Waals surface area contributed by atoms with Crippen molar-refractivity contribution in [3.8, 4) is 6.07 Å². The van der Waals surface area contributed by atoms with Crippen LogP contribution >= 0.6 is 0 Å². The molecular formula is C7H11N7O. The van der Waals surface area contributed by atoms with Gasteiger partial charge in [0.05, 0.1) is 10.9 Å². The van der Waals surface area contributed by atoms with Crippen molar-refractivity contribution >= 4 is 16.9 Å². The van der Waals surface area contributed by atoms with E-state index in [4.69, 9.17) is 11.0 Å². The number of fused-ring (bicyclic) bond motifs is 1. The number of aromatic nitrogens is 3. The number of pyridine rings is 1. The number of nitriles is 1. The molecule has 8 nitrogen and oxygen atoms in total. The summed E-state index contributed by atoms with van der Waals surface area (Å²) in [6, 6.07) is 3.63. The molecule has 2 aromatic heterocycles. The van der Waals surface area contributed by atoms with E-state index in [-0.39, 0.29) is 5.48 Å². The van der Waals surface area contributed by atoms with Crippen molar-refractivity contribution in [3.05, 3.63) is 17.8 Å². The lowest BCUT2D eigenvalue weighted by atomic mass is 10.2. The molecule has 0 unspecified atom stereocenters. The first-order valence-electron chi connectivity index (χ1n) is 3.64. The molecule has 0 aliphatic heterocycles. The molecule has 0 amide bonds. The molecule has 0 saturated carbocycles. The SMILES string of the molecule is N#Cc1cnc2n[nH]c(N)c2c1.NN.O. The quantitative estimate of drug-likeness (QED) is 0.300. The molecule has 0 radical (unpaired) electrons. The third-order valence-corrected chi connectivity index (χ3v) is 1.57. The van der Waals surface area contributed by atoms with Crippen molar-refractivity contribution in [3.63, 3.8) is 0 Å². The zero-order valence-corrected chi connectivity index (χ0v) is 7.73. The normalized spacial score (nSPS) is 8.33. The lowest BCUT2D eigenvalue weighted by Crippen LogP contribution is -2.02. The summed E-state index contributed by atoms with van der Waals surface area (Å²) < 4.78 is 0. The first-order chi connectivity index (χ1) is 6.81. The maximum Gasteiger partial charge on any atom is 0.183 e. The first-order valence-corrected chi connectivity index (χ1v) is 3.64. The summed E-state index contributed by atoms with van der Waals surface area (Å²) in [5.74, 6) is 8.44. The van der Waals surface area contributed by atoms with Crippen LogP contribution in [0.25, 0.3) is 11.0 Å². The smallest absolute Gasteiger partial charge is 0.183 e. The van der Waals surface area contributed by atoms with Crippen LogP contribution in [0.5, 0.6) is 0 Å². The zero-order valence-electron chi connectivity index (χ0n) is 7.73. The average Bonchev–Trinajstić information content (AvgIpc) is 2.63. The maximum absolute atomic E-state index is 8.56. The summed E-state index contributed by atoms with van der Waals surface area (Å²) in [6.45, 7) is 0. The van der Waals surface area contributed by atoms with Crippen LogP contribution < -0.4 is 17.4 Å². The highest BCUT2D eigenvalue weighted by Crippen LogP contribution is 2.15. The van der Waals surface area contributed by atoms with Crippen LogP contribution in [0.1, 0.15) is 5.56 Å². The topological polar surface area (TPSA) is 175 Å². The number of nitrogens with one attached hydrogen (secondary N) is 1. The second-order valence-corrected chi connectivity index (χ2v) is 2.34. The zero-order chi connectivity index (χ0) is 10.6. The molecule has 2 rings (SSSR count). The first kappa shape index (κ1) is 12.8. The number of hydrazine groups is 1. The second kappa shape index (κ2) is 5.51. The second-order valence-electron chi connectivity index (χ2n) is 2.34. The Labute approximate surface area is 85.0 Å². The molecule has 0 spiro atoms. The predicted molar refractivity (Wildman–Crippen MR) is 55.0 cm³/mol. The fourth-order valence-corrected chi connectivity index (χ4v) is 0.979. The molecular weight excluding hydrogens is 198 g/mol. The Morgan fingerprint density at radius 3 is 2.67 bits per heavy atom. The van der Waals surface area contributed by atoms with E-state index in [1.807, 2.05) is 6.07 Å². The summed E-state index contributed by atoms with van der Waals surface area (Å²) in [6.07, 6.45) is 1.46. The average molecular weight is 209 g/mol. The molecule has 15 heavy (non-hydrogen) atoms. The van der Waals surface area contributed by atoms with Gasteiger partial charge >= 0.3 is 0 Å². The van der Waals surface area contributed by atoms with Crippen molar-refractivity contribution in [2.45, 2.75) is 0 Å². The summed E-state index contributed by atoms with van der Waals surface area (Å²) in [5.41, 5.74) is 6.55. The van der Waals surface area contributed by atoms with Gasteiger partial charge in [-0.25, -0.2) is 4.98 Å². The Morgan fingerprint density at radius 2 is 2.07 bits per heavy atom. The Hall–Kier alpha value is -2.21. The van der Waals surface area contributed by atoms with Gasteiger partial charge in [-0.1, -0.05) is 0 Å². The van der Waals surface area contributed by atoms with E-state index in [1.165, 1.54) is 6.20 Å². The fourth-order valence-electron chi connectivity index (χ4n) is 0.979. The van der Waals surface area contributed by atoms with Crippen LogP contribution in [-0.4, -0.2) is 20.7 Å². The molecule has 0 aliphatic carbocycles. The number of rotatable bonds is 0. The maximum atomic E-state index is 8.56. The molecule has 0 aromatic carbocycles. The molecule has 0 aliphatic rings. The van der Waals surface area contributed by atoms with Crippen LogP contribution in [0.15, 0.2) is 12.3 Å². The minimum Gasteiger partial charge on any atom is -0.412 e. The van der Waals surface area contributed by atoms with Crippen molar-refractivity contribution in [1.29, 1.82) is 5.26 Å². The van der Waals surface area contributed by atoms with Gasteiger partial charge in [0.25, 0.3) is 0 Å². The monoisotopic (exact) mass is 209 g/mol.